The first-order valence-corrected chi connectivity index (χ1v) is 3.29. The first-order chi connectivity index (χ1) is 4.66. The van der Waals surface area contributed by atoms with Gasteiger partial charge >= 0.3 is 6.47 Å². The molecule has 0 fully saturated rings. The molecule has 0 aliphatic rings. The molecular formula is C7H12FO2. The van der Waals surface area contributed by atoms with Gasteiger partial charge in [-0.1, -0.05) is 13.8 Å². The third kappa shape index (κ3) is 5.54. The van der Waals surface area contributed by atoms with Crippen molar-refractivity contribution in [2.45, 2.75) is 26.4 Å². The molecule has 0 aromatic rings. The fraction of sp³-hybridized carbons (Fsp3) is 0.857. The van der Waals surface area contributed by atoms with E-state index in [1.54, 1.807) is 0 Å². The molecule has 0 amide bonds. The van der Waals surface area contributed by atoms with Crippen molar-refractivity contribution in [3.05, 3.63) is 0 Å². The number of rotatable bonds is 5. The number of alkyl halides is 1. The Morgan fingerprint density at radius 1 is 1.60 bits per heavy atom. The number of ether oxygens (including phenoxy) is 1. The highest BCUT2D eigenvalue weighted by atomic mass is 19.1. The lowest BCUT2D eigenvalue weighted by atomic mass is 10.1. The summed E-state index contributed by atoms with van der Waals surface area (Å²) in [6.07, 6.45) is -0.608. The predicted octanol–water partition coefficient (Wildman–Crippen LogP) is 1.45. The second kappa shape index (κ2) is 5.21. The second-order valence-electron chi connectivity index (χ2n) is 2.62. The van der Waals surface area contributed by atoms with E-state index in [1.165, 1.54) is 6.47 Å². The van der Waals surface area contributed by atoms with Crippen molar-refractivity contribution in [2.24, 2.45) is 5.92 Å². The molecule has 1 radical (unpaired) electrons. The van der Waals surface area contributed by atoms with Gasteiger partial charge in [-0.15, -0.1) is 0 Å². The fourth-order valence-corrected chi connectivity index (χ4v) is 0.704. The largest absolute Gasteiger partial charge is 0.454 e. The third-order valence-corrected chi connectivity index (χ3v) is 1.05. The van der Waals surface area contributed by atoms with E-state index in [2.05, 4.69) is 4.74 Å². The van der Waals surface area contributed by atoms with Crippen LogP contribution in [0.3, 0.4) is 0 Å². The molecule has 0 rings (SSSR count). The molecular weight excluding hydrogens is 135 g/mol. The Labute approximate surface area is 60.4 Å². The zero-order valence-electron chi connectivity index (χ0n) is 6.26. The summed E-state index contributed by atoms with van der Waals surface area (Å²) >= 11 is 0. The van der Waals surface area contributed by atoms with Crippen LogP contribution in [-0.4, -0.2) is 19.3 Å². The normalized spacial score (nSPS) is 13.2. The molecule has 0 heterocycles. The molecule has 0 saturated heterocycles. The molecule has 10 heavy (non-hydrogen) atoms. The second-order valence-corrected chi connectivity index (χ2v) is 2.62. The molecule has 2 nitrogen and oxygen atoms in total. The Hall–Kier alpha value is -0.600. The van der Waals surface area contributed by atoms with Gasteiger partial charge in [0.25, 0.3) is 0 Å². The van der Waals surface area contributed by atoms with E-state index in [1.807, 2.05) is 13.8 Å². The number of halogens is 1. The van der Waals surface area contributed by atoms with E-state index in [4.69, 9.17) is 0 Å². The van der Waals surface area contributed by atoms with Crippen LogP contribution in [0, 0.1) is 5.92 Å². The summed E-state index contributed by atoms with van der Waals surface area (Å²) in [6.45, 7) is 4.84. The van der Waals surface area contributed by atoms with Crippen LogP contribution in [0.25, 0.3) is 0 Å². The van der Waals surface area contributed by atoms with Crippen molar-refractivity contribution < 1.29 is 13.9 Å². The van der Waals surface area contributed by atoms with Crippen molar-refractivity contribution in [1.82, 2.24) is 0 Å². The minimum atomic E-state index is -1.04. The van der Waals surface area contributed by atoms with Crippen LogP contribution in [-0.2, 0) is 9.53 Å². The van der Waals surface area contributed by atoms with Gasteiger partial charge < -0.3 is 4.74 Å². The molecule has 0 N–H and O–H groups in total. The van der Waals surface area contributed by atoms with Crippen LogP contribution in [0.4, 0.5) is 4.39 Å². The third-order valence-electron chi connectivity index (χ3n) is 1.05. The van der Waals surface area contributed by atoms with Crippen LogP contribution in [0.5, 0.6) is 0 Å². The summed E-state index contributed by atoms with van der Waals surface area (Å²) in [5.41, 5.74) is 0. The van der Waals surface area contributed by atoms with E-state index < -0.39 is 6.17 Å². The zero-order valence-corrected chi connectivity index (χ0v) is 6.26. The number of hydrogen-bond acceptors (Lipinski definition) is 2. The van der Waals surface area contributed by atoms with Crippen LogP contribution < -0.4 is 0 Å². The van der Waals surface area contributed by atoms with E-state index in [0.29, 0.717) is 12.3 Å². The minimum absolute atomic E-state index is 0.165. The maximum Gasteiger partial charge on any atom is 0.417 e. The molecule has 0 aliphatic heterocycles. The Bertz CT molecular complexity index is 93.6. The van der Waals surface area contributed by atoms with Crippen LogP contribution in [0.2, 0.25) is 0 Å². The first-order valence-electron chi connectivity index (χ1n) is 3.29. The average molecular weight is 147 g/mol. The molecule has 59 valence electrons. The lowest BCUT2D eigenvalue weighted by Crippen LogP contribution is -2.12. The van der Waals surface area contributed by atoms with Gasteiger partial charge in [0.05, 0.1) is 0 Å². The Balaban J connectivity index is 3.24. The van der Waals surface area contributed by atoms with Crippen molar-refractivity contribution in [3.63, 3.8) is 0 Å². The topological polar surface area (TPSA) is 26.3 Å². The highest BCUT2D eigenvalue weighted by Crippen LogP contribution is 2.07. The van der Waals surface area contributed by atoms with E-state index in [-0.39, 0.29) is 6.61 Å². The Morgan fingerprint density at radius 2 is 2.20 bits per heavy atom. The maximum atomic E-state index is 12.5. The molecule has 0 aliphatic carbocycles. The molecule has 0 saturated carbocycles. The van der Waals surface area contributed by atoms with Gasteiger partial charge in [-0.2, -0.15) is 0 Å². The van der Waals surface area contributed by atoms with Crippen LogP contribution in [0.1, 0.15) is 20.3 Å². The molecule has 0 aromatic heterocycles. The smallest absolute Gasteiger partial charge is 0.417 e. The quantitative estimate of drug-likeness (QED) is 0.588. The summed E-state index contributed by atoms with van der Waals surface area (Å²) < 4.78 is 16.7. The summed E-state index contributed by atoms with van der Waals surface area (Å²) in [4.78, 5) is 9.48. The van der Waals surface area contributed by atoms with Crippen molar-refractivity contribution in [2.75, 3.05) is 6.61 Å². The minimum Gasteiger partial charge on any atom is -0.454 e. The first kappa shape index (κ1) is 9.40. The Kier molecular flexibility index (Phi) is 4.89. The molecule has 0 spiro atoms. The van der Waals surface area contributed by atoms with Crippen molar-refractivity contribution in [3.8, 4) is 0 Å². The van der Waals surface area contributed by atoms with Gasteiger partial charge in [0.1, 0.15) is 12.8 Å². The van der Waals surface area contributed by atoms with Gasteiger partial charge in [0, 0.05) is 0 Å². The van der Waals surface area contributed by atoms with Crippen LogP contribution in [0.15, 0.2) is 0 Å². The molecule has 1 atom stereocenters. The fourth-order valence-electron chi connectivity index (χ4n) is 0.704. The lowest BCUT2D eigenvalue weighted by Gasteiger charge is -2.07. The lowest BCUT2D eigenvalue weighted by molar-refractivity contribution is 0.160. The van der Waals surface area contributed by atoms with E-state index >= 15 is 0 Å². The van der Waals surface area contributed by atoms with Gasteiger partial charge in [-0.25, -0.2) is 9.18 Å². The number of hydrogen-bond donors (Lipinski definition) is 0. The molecule has 0 aromatic carbocycles. The monoisotopic (exact) mass is 147 g/mol. The molecule has 1 unspecified atom stereocenters. The summed E-state index contributed by atoms with van der Waals surface area (Å²) in [5.74, 6) is 0.297. The van der Waals surface area contributed by atoms with Crippen molar-refractivity contribution in [1.29, 1.82) is 0 Å². The van der Waals surface area contributed by atoms with Crippen LogP contribution >= 0.6 is 0 Å². The summed E-state index contributed by atoms with van der Waals surface area (Å²) in [5, 5.41) is 0. The SMILES string of the molecule is CC(C)CC(F)CO[C]=O. The average Bonchev–Trinajstić information content (AvgIpc) is 1.82. The highest BCUT2D eigenvalue weighted by molar-refractivity contribution is 5.38. The predicted molar refractivity (Wildman–Crippen MR) is 36.0 cm³/mol. The zero-order chi connectivity index (χ0) is 7.98. The maximum absolute atomic E-state index is 12.5. The standard InChI is InChI=1S/C7H12FO2/c1-6(2)3-7(8)4-10-5-9/h6-7H,3-4H2,1-2H3. The highest BCUT2D eigenvalue weighted by Gasteiger charge is 2.08. The van der Waals surface area contributed by atoms with Gasteiger partial charge in [-0.3, -0.25) is 0 Å². The Morgan fingerprint density at radius 3 is 2.60 bits per heavy atom. The van der Waals surface area contributed by atoms with E-state index in [0.717, 1.165) is 0 Å². The number of carbonyl (C=O) groups excluding carboxylic acids is 1. The van der Waals surface area contributed by atoms with Gasteiger partial charge in [0.15, 0.2) is 0 Å². The molecule has 0 bridgehead atoms. The van der Waals surface area contributed by atoms with E-state index in [9.17, 15) is 9.18 Å². The van der Waals surface area contributed by atoms with Gasteiger partial charge in [-0.05, 0) is 12.3 Å². The van der Waals surface area contributed by atoms with Gasteiger partial charge in [0.2, 0.25) is 0 Å². The van der Waals surface area contributed by atoms with Crippen molar-refractivity contribution >= 4 is 6.47 Å². The molecule has 3 heteroatoms. The summed E-state index contributed by atoms with van der Waals surface area (Å²) in [6, 6.07) is 0. The summed E-state index contributed by atoms with van der Waals surface area (Å²) in [7, 11) is 0.